The van der Waals surface area contributed by atoms with Gasteiger partial charge in [0.05, 0.1) is 6.04 Å². The number of anilines is 1. The van der Waals surface area contributed by atoms with Gasteiger partial charge in [-0.05, 0) is 30.9 Å². The van der Waals surface area contributed by atoms with Gasteiger partial charge in [-0.3, -0.25) is 4.79 Å². The molecule has 3 nitrogen and oxygen atoms in total. The third kappa shape index (κ3) is 3.30. The lowest BCUT2D eigenvalue weighted by Gasteiger charge is -2.26. The molecule has 17 heavy (non-hydrogen) atoms. The van der Waals surface area contributed by atoms with Crippen LogP contribution in [0.15, 0.2) is 30.3 Å². The molecule has 3 heteroatoms. The molecule has 1 aliphatic rings. The molecule has 2 rings (SSSR count). The molecule has 92 valence electrons. The molecule has 1 aromatic rings. The quantitative estimate of drug-likeness (QED) is 0.841. The third-order valence-electron chi connectivity index (χ3n) is 3.50. The van der Waals surface area contributed by atoms with Crippen LogP contribution in [-0.2, 0) is 4.79 Å². The molecule has 1 saturated carbocycles. The first-order valence-corrected chi connectivity index (χ1v) is 6.39. The third-order valence-corrected chi connectivity index (χ3v) is 3.50. The van der Waals surface area contributed by atoms with Crippen LogP contribution in [0.3, 0.4) is 0 Å². The van der Waals surface area contributed by atoms with Crippen LogP contribution in [0, 0.1) is 5.92 Å². The van der Waals surface area contributed by atoms with Crippen LogP contribution in [0.2, 0.25) is 0 Å². The molecule has 0 aromatic heterocycles. The molecular formula is C14H20N2O. The molecule has 1 fully saturated rings. The molecule has 1 aliphatic carbocycles. The Bertz CT molecular complexity index is 358. The van der Waals surface area contributed by atoms with Gasteiger partial charge in [-0.25, -0.2) is 0 Å². The van der Waals surface area contributed by atoms with Crippen LogP contribution in [0.25, 0.3) is 0 Å². The smallest absolute Gasteiger partial charge is 0.241 e. The molecule has 0 heterocycles. The molecular weight excluding hydrogens is 212 g/mol. The predicted octanol–water partition coefficient (Wildman–Crippen LogP) is 2.53. The number of rotatable bonds is 3. The largest absolute Gasteiger partial charge is 0.325 e. The Kier molecular flexibility index (Phi) is 4.15. The van der Waals surface area contributed by atoms with E-state index in [0.29, 0.717) is 5.92 Å². The van der Waals surface area contributed by atoms with Gasteiger partial charge in [0.1, 0.15) is 0 Å². The standard InChI is InChI=1S/C14H20N2O/c15-13(11-7-3-1-4-8-11)14(17)16-12-9-5-2-6-10-12/h2,5-6,9-11,13H,1,3-4,7-8,15H2,(H,16,17)/t13-/m1/s1. The van der Waals surface area contributed by atoms with E-state index in [1.54, 1.807) is 0 Å². The number of para-hydroxylation sites is 1. The molecule has 0 unspecified atom stereocenters. The number of nitrogens with two attached hydrogens (primary N) is 1. The fraction of sp³-hybridized carbons (Fsp3) is 0.500. The van der Waals surface area contributed by atoms with Gasteiger partial charge in [0.2, 0.25) is 5.91 Å². The minimum Gasteiger partial charge on any atom is -0.325 e. The van der Waals surface area contributed by atoms with Crippen molar-refractivity contribution >= 4 is 11.6 Å². The molecule has 0 spiro atoms. The summed E-state index contributed by atoms with van der Waals surface area (Å²) in [6, 6.07) is 9.13. The summed E-state index contributed by atoms with van der Waals surface area (Å²) in [5, 5.41) is 2.88. The first-order valence-electron chi connectivity index (χ1n) is 6.39. The SMILES string of the molecule is N[C@@H](C(=O)Nc1ccccc1)C1CCCCC1. The summed E-state index contributed by atoms with van der Waals surface area (Å²) in [5.41, 5.74) is 6.85. The summed E-state index contributed by atoms with van der Waals surface area (Å²) < 4.78 is 0. The Hall–Kier alpha value is -1.35. The van der Waals surface area contributed by atoms with Gasteiger partial charge >= 0.3 is 0 Å². The van der Waals surface area contributed by atoms with Crippen LogP contribution in [0.5, 0.6) is 0 Å². The fourth-order valence-corrected chi connectivity index (χ4v) is 2.45. The van der Waals surface area contributed by atoms with Crippen molar-refractivity contribution in [2.45, 2.75) is 38.1 Å². The van der Waals surface area contributed by atoms with Crippen LogP contribution >= 0.6 is 0 Å². The highest BCUT2D eigenvalue weighted by molar-refractivity contribution is 5.94. The second-order valence-electron chi connectivity index (χ2n) is 4.78. The number of hydrogen-bond acceptors (Lipinski definition) is 2. The maximum Gasteiger partial charge on any atom is 0.241 e. The molecule has 0 radical (unpaired) electrons. The van der Waals surface area contributed by atoms with Crippen molar-refractivity contribution in [1.29, 1.82) is 0 Å². The van der Waals surface area contributed by atoms with E-state index >= 15 is 0 Å². The molecule has 1 aromatic carbocycles. The fourth-order valence-electron chi connectivity index (χ4n) is 2.45. The van der Waals surface area contributed by atoms with Crippen molar-refractivity contribution in [2.24, 2.45) is 11.7 Å². The van der Waals surface area contributed by atoms with Crippen LogP contribution in [-0.4, -0.2) is 11.9 Å². The second kappa shape index (κ2) is 5.82. The van der Waals surface area contributed by atoms with Gasteiger partial charge in [-0.2, -0.15) is 0 Å². The zero-order valence-electron chi connectivity index (χ0n) is 10.1. The number of amides is 1. The Morgan fingerprint density at radius 2 is 1.82 bits per heavy atom. The lowest BCUT2D eigenvalue weighted by Crippen LogP contribution is -2.42. The number of carbonyl (C=O) groups is 1. The summed E-state index contributed by atoms with van der Waals surface area (Å²) in [4.78, 5) is 12.0. The summed E-state index contributed by atoms with van der Waals surface area (Å²) in [6.07, 6.45) is 5.87. The summed E-state index contributed by atoms with van der Waals surface area (Å²) in [5.74, 6) is 0.301. The van der Waals surface area contributed by atoms with E-state index in [9.17, 15) is 4.79 Å². The Labute approximate surface area is 102 Å². The van der Waals surface area contributed by atoms with Crippen molar-refractivity contribution < 1.29 is 4.79 Å². The lowest BCUT2D eigenvalue weighted by atomic mass is 9.84. The first-order chi connectivity index (χ1) is 8.27. The van der Waals surface area contributed by atoms with E-state index in [1.807, 2.05) is 30.3 Å². The Morgan fingerprint density at radius 1 is 1.18 bits per heavy atom. The minimum atomic E-state index is -0.365. The van der Waals surface area contributed by atoms with E-state index < -0.39 is 0 Å². The van der Waals surface area contributed by atoms with E-state index in [-0.39, 0.29) is 11.9 Å². The molecule has 0 bridgehead atoms. The summed E-state index contributed by atoms with van der Waals surface area (Å²) in [6.45, 7) is 0. The maximum atomic E-state index is 12.0. The Morgan fingerprint density at radius 3 is 2.47 bits per heavy atom. The zero-order valence-corrected chi connectivity index (χ0v) is 10.1. The van der Waals surface area contributed by atoms with Gasteiger partial charge in [-0.1, -0.05) is 37.5 Å². The van der Waals surface area contributed by atoms with E-state index in [0.717, 1.165) is 18.5 Å². The minimum absolute atomic E-state index is 0.0527. The number of benzene rings is 1. The zero-order chi connectivity index (χ0) is 12.1. The van der Waals surface area contributed by atoms with Crippen LogP contribution in [0.1, 0.15) is 32.1 Å². The summed E-state index contributed by atoms with van der Waals surface area (Å²) >= 11 is 0. The highest BCUT2D eigenvalue weighted by Crippen LogP contribution is 2.26. The lowest BCUT2D eigenvalue weighted by molar-refractivity contribution is -0.118. The molecule has 0 aliphatic heterocycles. The van der Waals surface area contributed by atoms with E-state index in [1.165, 1.54) is 19.3 Å². The van der Waals surface area contributed by atoms with Gasteiger partial charge in [0.15, 0.2) is 0 Å². The second-order valence-corrected chi connectivity index (χ2v) is 4.78. The van der Waals surface area contributed by atoms with Crippen LogP contribution < -0.4 is 11.1 Å². The molecule has 0 saturated heterocycles. The van der Waals surface area contributed by atoms with Crippen molar-refractivity contribution in [3.05, 3.63) is 30.3 Å². The first kappa shape index (κ1) is 12.1. The summed E-state index contributed by atoms with van der Waals surface area (Å²) in [7, 11) is 0. The normalized spacial score (nSPS) is 18.6. The average molecular weight is 232 g/mol. The van der Waals surface area contributed by atoms with Crippen LogP contribution in [0.4, 0.5) is 5.69 Å². The number of hydrogen-bond donors (Lipinski definition) is 2. The van der Waals surface area contributed by atoms with Crippen molar-refractivity contribution in [3.63, 3.8) is 0 Å². The Balaban J connectivity index is 1.90. The maximum absolute atomic E-state index is 12.0. The molecule has 1 atom stereocenters. The number of carbonyl (C=O) groups excluding carboxylic acids is 1. The van der Waals surface area contributed by atoms with Crippen molar-refractivity contribution in [2.75, 3.05) is 5.32 Å². The number of nitrogens with one attached hydrogen (secondary N) is 1. The predicted molar refractivity (Wildman–Crippen MR) is 69.6 cm³/mol. The molecule has 1 amide bonds. The van der Waals surface area contributed by atoms with Gasteiger partial charge in [-0.15, -0.1) is 0 Å². The highest BCUT2D eigenvalue weighted by Gasteiger charge is 2.25. The average Bonchev–Trinajstić information content (AvgIpc) is 2.40. The van der Waals surface area contributed by atoms with E-state index in [2.05, 4.69) is 5.32 Å². The van der Waals surface area contributed by atoms with Crippen molar-refractivity contribution in [3.8, 4) is 0 Å². The topological polar surface area (TPSA) is 55.1 Å². The van der Waals surface area contributed by atoms with Gasteiger partial charge < -0.3 is 11.1 Å². The van der Waals surface area contributed by atoms with Crippen molar-refractivity contribution in [1.82, 2.24) is 0 Å². The monoisotopic (exact) mass is 232 g/mol. The highest BCUT2D eigenvalue weighted by atomic mass is 16.2. The molecule has 3 N–H and O–H groups in total. The van der Waals surface area contributed by atoms with Gasteiger partial charge in [0.25, 0.3) is 0 Å². The van der Waals surface area contributed by atoms with E-state index in [4.69, 9.17) is 5.73 Å². The van der Waals surface area contributed by atoms with Gasteiger partial charge in [0, 0.05) is 5.69 Å².